The molecule has 1 heterocycles. The zero-order chi connectivity index (χ0) is 8.55. The van der Waals surface area contributed by atoms with Crippen molar-refractivity contribution in [3.05, 3.63) is 24.4 Å². The smallest absolute Gasteiger partial charge is 0.142 e. The van der Waals surface area contributed by atoms with E-state index in [-0.39, 0.29) is 5.75 Å². The minimum atomic E-state index is 0.169. The van der Waals surface area contributed by atoms with Crippen molar-refractivity contribution in [2.24, 2.45) is 0 Å². The maximum Gasteiger partial charge on any atom is 0.142 e. The summed E-state index contributed by atoms with van der Waals surface area (Å²) in [5.41, 5.74) is 6.75. The Morgan fingerprint density at radius 3 is 2.92 bits per heavy atom. The van der Waals surface area contributed by atoms with E-state index in [9.17, 15) is 0 Å². The topological polar surface area (TPSA) is 72.0 Å². The van der Waals surface area contributed by atoms with Crippen LogP contribution in [0.15, 0.2) is 24.4 Å². The highest BCUT2D eigenvalue weighted by Crippen LogP contribution is 2.16. The number of hydrogen-bond acceptors (Lipinski definition) is 4. The van der Waals surface area contributed by atoms with Gasteiger partial charge in [-0.1, -0.05) is 0 Å². The molecule has 4 heteroatoms. The summed E-state index contributed by atoms with van der Waals surface area (Å²) in [5, 5.41) is 9.11. The molecule has 60 valence electrons. The number of benzene rings is 1. The van der Waals surface area contributed by atoms with Crippen LogP contribution in [0.4, 0.5) is 5.82 Å². The first kappa shape index (κ1) is 6.84. The Morgan fingerprint density at radius 1 is 1.25 bits per heavy atom. The predicted molar refractivity (Wildman–Crippen MR) is 45.6 cm³/mol. The zero-order valence-electron chi connectivity index (χ0n) is 6.23. The number of aromatic nitrogens is 2. The first-order valence-corrected chi connectivity index (χ1v) is 3.47. The van der Waals surface area contributed by atoms with Crippen molar-refractivity contribution < 1.29 is 5.11 Å². The number of aromatic hydroxyl groups is 1. The molecule has 0 atom stereocenters. The second-order valence-electron chi connectivity index (χ2n) is 2.47. The molecule has 1 aromatic carbocycles. The summed E-state index contributed by atoms with van der Waals surface area (Å²) in [6.45, 7) is 0. The number of rotatable bonds is 0. The van der Waals surface area contributed by atoms with Gasteiger partial charge in [-0.3, -0.25) is 4.98 Å². The number of phenols is 1. The lowest BCUT2D eigenvalue weighted by Gasteiger charge is -1.97. The Hall–Kier alpha value is -1.84. The average molecular weight is 161 g/mol. The molecule has 4 nitrogen and oxygen atoms in total. The van der Waals surface area contributed by atoms with E-state index < -0.39 is 0 Å². The van der Waals surface area contributed by atoms with Gasteiger partial charge in [0, 0.05) is 6.07 Å². The van der Waals surface area contributed by atoms with Crippen LogP contribution in [0.1, 0.15) is 0 Å². The molecule has 2 aromatic rings. The lowest BCUT2D eigenvalue weighted by atomic mass is 10.3. The summed E-state index contributed by atoms with van der Waals surface area (Å²) in [6.07, 6.45) is 1.49. The highest BCUT2D eigenvalue weighted by molar-refractivity contribution is 5.76. The van der Waals surface area contributed by atoms with Crippen molar-refractivity contribution in [2.75, 3.05) is 5.73 Å². The van der Waals surface area contributed by atoms with Gasteiger partial charge in [-0.25, -0.2) is 4.98 Å². The van der Waals surface area contributed by atoms with Gasteiger partial charge in [0.2, 0.25) is 0 Å². The van der Waals surface area contributed by atoms with Crippen molar-refractivity contribution in [1.29, 1.82) is 0 Å². The van der Waals surface area contributed by atoms with E-state index in [0.29, 0.717) is 11.3 Å². The minimum Gasteiger partial charge on any atom is -0.508 e. The van der Waals surface area contributed by atoms with Crippen LogP contribution in [0.3, 0.4) is 0 Å². The number of anilines is 1. The van der Waals surface area contributed by atoms with Gasteiger partial charge in [0.05, 0.1) is 17.2 Å². The second-order valence-corrected chi connectivity index (χ2v) is 2.47. The zero-order valence-corrected chi connectivity index (χ0v) is 6.23. The van der Waals surface area contributed by atoms with Gasteiger partial charge in [0.1, 0.15) is 11.6 Å². The van der Waals surface area contributed by atoms with Crippen LogP contribution in [-0.4, -0.2) is 15.1 Å². The third kappa shape index (κ3) is 1.03. The van der Waals surface area contributed by atoms with Gasteiger partial charge in [-0.2, -0.15) is 0 Å². The Labute approximate surface area is 68.7 Å². The van der Waals surface area contributed by atoms with Crippen LogP contribution in [0, 0.1) is 0 Å². The monoisotopic (exact) mass is 161 g/mol. The summed E-state index contributed by atoms with van der Waals surface area (Å²) in [5.74, 6) is 0.524. The third-order valence-corrected chi connectivity index (χ3v) is 1.54. The molecule has 0 aliphatic heterocycles. The van der Waals surface area contributed by atoms with Gasteiger partial charge in [0.25, 0.3) is 0 Å². The Balaban J connectivity index is 2.80. The number of nitrogens with zero attached hydrogens (tertiary/aromatic N) is 2. The van der Waals surface area contributed by atoms with Gasteiger partial charge in [-0.15, -0.1) is 0 Å². The quantitative estimate of drug-likeness (QED) is 0.602. The number of hydrogen-bond donors (Lipinski definition) is 2. The van der Waals surface area contributed by atoms with Crippen LogP contribution >= 0.6 is 0 Å². The van der Waals surface area contributed by atoms with E-state index in [4.69, 9.17) is 10.8 Å². The number of nitrogens with two attached hydrogens (primary N) is 1. The van der Waals surface area contributed by atoms with E-state index >= 15 is 0 Å². The molecule has 1 aromatic heterocycles. The molecule has 0 amide bonds. The molecule has 2 rings (SSSR count). The summed E-state index contributed by atoms with van der Waals surface area (Å²) in [6, 6.07) is 4.78. The SMILES string of the molecule is Nc1cnc2ccc(O)cc2n1. The molecule has 0 spiro atoms. The van der Waals surface area contributed by atoms with Crippen LogP contribution in [0.2, 0.25) is 0 Å². The fourth-order valence-electron chi connectivity index (χ4n) is 1.01. The molecule has 12 heavy (non-hydrogen) atoms. The standard InChI is InChI=1S/C8H7N3O/c9-8-4-10-6-2-1-5(12)3-7(6)11-8/h1-4,12H,(H2,9,11). The fraction of sp³-hybridized carbons (Fsp3) is 0. The van der Waals surface area contributed by atoms with Gasteiger partial charge >= 0.3 is 0 Å². The van der Waals surface area contributed by atoms with Gasteiger partial charge in [0.15, 0.2) is 0 Å². The first-order valence-electron chi connectivity index (χ1n) is 3.47. The molecule has 0 saturated carbocycles. The molecule has 0 aliphatic carbocycles. The van der Waals surface area contributed by atoms with E-state index in [1.54, 1.807) is 12.1 Å². The lowest BCUT2D eigenvalue weighted by Crippen LogP contribution is -1.91. The Kier molecular flexibility index (Phi) is 1.33. The first-order chi connectivity index (χ1) is 5.75. The maximum atomic E-state index is 9.11. The van der Waals surface area contributed by atoms with Crippen LogP contribution in [0.25, 0.3) is 11.0 Å². The van der Waals surface area contributed by atoms with E-state index in [0.717, 1.165) is 5.52 Å². The second kappa shape index (κ2) is 2.34. The minimum absolute atomic E-state index is 0.169. The van der Waals surface area contributed by atoms with Crippen molar-refractivity contribution in [3.8, 4) is 5.75 Å². The summed E-state index contributed by atoms with van der Waals surface area (Å²) < 4.78 is 0. The molecule has 0 fully saturated rings. The van der Waals surface area contributed by atoms with Crippen molar-refractivity contribution in [1.82, 2.24) is 9.97 Å². The summed E-state index contributed by atoms with van der Waals surface area (Å²) in [4.78, 5) is 8.02. The molecule has 0 aliphatic rings. The summed E-state index contributed by atoms with van der Waals surface area (Å²) in [7, 11) is 0. The molecule has 0 bridgehead atoms. The number of phenolic OH excluding ortho intramolecular Hbond substituents is 1. The van der Waals surface area contributed by atoms with Crippen molar-refractivity contribution in [3.63, 3.8) is 0 Å². The molecular formula is C8H7N3O. The van der Waals surface area contributed by atoms with Crippen LogP contribution in [0.5, 0.6) is 5.75 Å². The highest BCUT2D eigenvalue weighted by atomic mass is 16.3. The Morgan fingerprint density at radius 2 is 2.08 bits per heavy atom. The molecule has 0 saturated heterocycles. The van der Waals surface area contributed by atoms with Crippen molar-refractivity contribution in [2.45, 2.75) is 0 Å². The average Bonchev–Trinajstić information content (AvgIpc) is 2.03. The predicted octanol–water partition coefficient (Wildman–Crippen LogP) is 0.918. The van der Waals surface area contributed by atoms with Crippen molar-refractivity contribution >= 4 is 16.9 Å². The van der Waals surface area contributed by atoms with E-state index in [1.807, 2.05) is 0 Å². The number of fused-ring (bicyclic) bond motifs is 1. The molecule has 3 N–H and O–H groups in total. The van der Waals surface area contributed by atoms with Gasteiger partial charge < -0.3 is 10.8 Å². The third-order valence-electron chi connectivity index (χ3n) is 1.54. The van der Waals surface area contributed by atoms with E-state index in [2.05, 4.69) is 9.97 Å². The van der Waals surface area contributed by atoms with Crippen LogP contribution < -0.4 is 5.73 Å². The van der Waals surface area contributed by atoms with E-state index in [1.165, 1.54) is 12.3 Å². The summed E-state index contributed by atoms with van der Waals surface area (Å²) >= 11 is 0. The van der Waals surface area contributed by atoms with Gasteiger partial charge in [-0.05, 0) is 12.1 Å². The normalized spacial score (nSPS) is 10.3. The molecule has 0 radical (unpaired) electrons. The molecular weight excluding hydrogens is 154 g/mol. The van der Waals surface area contributed by atoms with Crippen LogP contribution in [-0.2, 0) is 0 Å². The highest BCUT2D eigenvalue weighted by Gasteiger charge is 1.97. The number of nitrogen functional groups attached to an aromatic ring is 1. The molecule has 0 unspecified atom stereocenters. The Bertz CT molecular complexity index is 391. The maximum absolute atomic E-state index is 9.11. The fourth-order valence-corrected chi connectivity index (χ4v) is 1.01. The largest absolute Gasteiger partial charge is 0.508 e. The lowest BCUT2D eigenvalue weighted by molar-refractivity contribution is 0.476.